The molecule has 0 fully saturated rings. The zero-order valence-electron chi connectivity index (χ0n) is 15.4. The van der Waals surface area contributed by atoms with Gasteiger partial charge in [-0.3, -0.25) is 9.59 Å². The van der Waals surface area contributed by atoms with Gasteiger partial charge in [-0.2, -0.15) is 0 Å². The Kier molecular flexibility index (Phi) is 6.64. The standard InChI is InChI=1S/C20H23ClN2O3/c1-13-9-14(2)20(15(3)10-13)22-18(24)11-23(4)19(25)12-26-17-7-5-16(21)6-8-17/h5-10H,11-12H2,1-4H3,(H,22,24). The van der Waals surface area contributed by atoms with Gasteiger partial charge in [0.2, 0.25) is 5.91 Å². The summed E-state index contributed by atoms with van der Waals surface area (Å²) in [4.78, 5) is 25.7. The van der Waals surface area contributed by atoms with Gasteiger partial charge in [-0.25, -0.2) is 0 Å². The van der Waals surface area contributed by atoms with E-state index in [1.54, 1.807) is 31.3 Å². The number of carbonyl (C=O) groups is 2. The second-order valence-electron chi connectivity index (χ2n) is 6.31. The topological polar surface area (TPSA) is 58.6 Å². The van der Waals surface area contributed by atoms with Crippen molar-refractivity contribution in [3.8, 4) is 5.75 Å². The Hall–Kier alpha value is -2.53. The van der Waals surface area contributed by atoms with E-state index in [1.165, 1.54) is 4.90 Å². The zero-order chi connectivity index (χ0) is 19.3. The smallest absolute Gasteiger partial charge is 0.260 e. The van der Waals surface area contributed by atoms with Gasteiger partial charge in [0.05, 0.1) is 6.54 Å². The lowest BCUT2D eigenvalue weighted by molar-refractivity contribution is -0.135. The maximum absolute atomic E-state index is 12.3. The highest BCUT2D eigenvalue weighted by molar-refractivity contribution is 6.30. The predicted molar refractivity (Wildman–Crippen MR) is 104 cm³/mol. The van der Waals surface area contributed by atoms with Gasteiger partial charge in [-0.05, 0) is 56.2 Å². The first kappa shape index (κ1) is 19.8. The van der Waals surface area contributed by atoms with E-state index >= 15 is 0 Å². The lowest BCUT2D eigenvalue weighted by Crippen LogP contribution is -2.37. The minimum Gasteiger partial charge on any atom is -0.484 e. The molecule has 0 aliphatic carbocycles. The van der Waals surface area contributed by atoms with Crippen LogP contribution in [0.4, 0.5) is 5.69 Å². The number of aryl methyl sites for hydroxylation is 3. The van der Waals surface area contributed by atoms with Gasteiger partial charge < -0.3 is 15.0 Å². The second-order valence-corrected chi connectivity index (χ2v) is 6.75. The highest BCUT2D eigenvalue weighted by Gasteiger charge is 2.15. The first-order valence-corrected chi connectivity index (χ1v) is 8.64. The molecular formula is C20H23ClN2O3. The molecule has 0 atom stereocenters. The molecule has 0 spiro atoms. The summed E-state index contributed by atoms with van der Waals surface area (Å²) in [7, 11) is 1.57. The second kappa shape index (κ2) is 8.72. The monoisotopic (exact) mass is 374 g/mol. The minimum atomic E-state index is -0.285. The Morgan fingerprint density at radius 2 is 1.65 bits per heavy atom. The molecule has 6 heteroatoms. The van der Waals surface area contributed by atoms with E-state index in [1.807, 2.05) is 32.9 Å². The molecule has 5 nitrogen and oxygen atoms in total. The molecule has 0 aromatic heterocycles. The molecule has 0 bridgehead atoms. The number of nitrogens with zero attached hydrogens (tertiary/aromatic N) is 1. The van der Waals surface area contributed by atoms with E-state index in [0.29, 0.717) is 10.8 Å². The number of anilines is 1. The van der Waals surface area contributed by atoms with Crippen LogP contribution in [0.25, 0.3) is 0 Å². The number of halogens is 1. The predicted octanol–water partition coefficient (Wildman–Crippen LogP) is 3.74. The Bertz CT molecular complexity index is 780. The van der Waals surface area contributed by atoms with Crippen LogP contribution in [0.1, 0.15) is 16.7 Å². The SMILES string of the molecule is Cc1cc(C)c(NC(=O)CN(C)C(=O)COc2ccc(Cl)cc2)c(C)c1. The summed E-state index contributed by atoms with van der Waals surface area (Å²) in [6, 6.07) is 10.8. The number of amides is 2. The zero-order valence-corrected chi connectivity index (χ0v) is 16.2. The van der Waals surface area contributed by atoms with Crippen molar-refractivity contribution in [1.82, 2.24) is 4.90 Å². The number of rotatable bonds is 6. The summed E-state index contributed by atoms with van der Waals surface area (Å²) in [5.74, 6) is 0.0151. The van der Waals surface area contributed by atoms with Crippen LogP contribution in [0.3, 0.4) is 0 Å². The van der Waals surface area contributed by atoms with Crippen molar-refractivity contribution in [3.05, 3.63) is 58.1 Å². The average molecular weight is 375 g/mol. The fourth-order valence-corrected chi connectivity index (χ4v) is 2.77. The molecule has 0 heterocycles. The number of likely N-dealkylation sites (N-methyl/N-ethyl adjacent to an activating group) is 1. The molecule has 138 valence electrons. The van der Waals surface area contributed by atoms with Crippen LogP contribution in [0, 0.1) is 20.8 Å². The average Bonchev–Trinajstić information content (AvgIpc) is 2.57. The fraction of sp³-hybridized carbons (Fsp3) is 0.300. The molecule has 0 saturated heterocycles. The lowest BCUT2D eigenvalue weighted by Gasteiger charge is -2.18. The first-order chi connectivity index (χ1) is 12.3. The number of hydrogen-bond acceptors (Lipinski definition) is 3. The maximum Gasteiger partial charge on any atom is 0.260 e. The summed E-state index contributed by atoms with van der Waals surface area (Å²) in [6.07, 6.45) is 0. The quantitative estimate of drug-likeness (QED) is 0.837. The third-order valence-corrected chi connectivity index (χ3v) is 4.18. The van der Waals surface area contributed by atoms with Crippen molar-refractivity contribution in [2.45, 2.75) is 20.8 Å². The molecule has 0 aliphatic heterocycles. The van der Waals surface area contributed by atoms with Crippen molar-refractivity contribution in [1.29, 1.82) is 0 Å². The molecule has 2 aromatic carbocycles. The van der Waals surface area contributed by atoms with Crippen LogP contribution < -0.4 is 10.1 Å². The molecule has 2 rings (SSSR count). The summed E-state index contributed by atoms with van der Waals surface area (Å²) >= 11 is 5.80. The number of nitrogens with one attached hydrogen (secondary N) is 1. The molecule has 26 heavy (non-hydrogen) atoms. The molecule has 0 saturated carbocycles. The molecule has 0 radical (unpaired) electrons. The summed E-state index contributed by atoms with van der Waals surface area (Å²) in [5, 5.41) is 3.48. The highest BCUT2D eigenvalue weighted by atomic mass is 35.5. The van der Waals surface area contributed by atoms with Gasteiger partial charge in [-0.15, -0.1) is 0 Å². The highest BCUT2D eigenvalue weighted by Crippen LogP contribution is 2.21. The number of carbonyl (C=O) groups excluding carboxylic acids is 2. The lowest BCUT2D eigenvalue weighted by atomic mass is 10.1. The minimum absolute atomic E-state index is 0.0461. The van der Waals surface area contributed by atoms with Crippen molar-refractivity contribution < 1.29 is 14.3 Å². The van der Waals surface area contributed by atoms with E-state index in [2.05, 4.69) is 5.32 Å². The van der Waals surface area contributed by atoms with Gasteiger partial charge in [-0.1, -0.05) is 29.3 Å². The number of benzene rings is 2. The van der Waals surface area contributed by atoms with E-state index < -0.39 is 0 Å². The largest absolute Gasteiger partial charge is 0.484 e. The van der Waals surface area contributed by atoms with Crippen LogP contribution >= 0.6 is 11.6 Å². The van der Waals surface area contributed by atoms with Gasteiger partial charge in [0.15, 0.2) is 6.61 Å². The Labute approximate surface area is 158 Å². The van der Waals surface area contributed by atoms with Crippen molar-refractivity contribution in [2.75, 3.05) is 25.5 Å². The fourth-order valence-electron chi connectivity index (χ4n) is 2.65. The number of hydrogen-bond donors (Lipinski definition) is 1. The Balaban J connectivity index is 1.88. The van der Waals surface area contributed by atoms with Crippen LogP contribution in [0.2, 0.25) is 5.02 Å². The van der Waals surface area contributed by atoms with Crippen LogP contribution in [-0.4, -0.2) is 36.9 Å². The third kappa shape index (κ3) is 5.49. The summed E-state index contributed by atoms with van der Waals surface area (Å²) in [5.41, 5.74) is 3.93. The van der Waals surface area contributed by atoms with Crippen LogP contribution in [-0.2, 0) is 9.59 Å². The van der Waals surface area contributed by atoms with E-state index in [9.17, 15) is 9.59 Å². The molecule has 0 aliphatic rings. The van der Waals surface area contributed by atoms with E-state index in [0.717, 1.165) is 22.4 Å². The van der Waals surface area contributed by atoms with Gasteiger partial charge >= 0.3 is 0 Å². The third-order valence-electron chi connectivity index (χ3n) is 3.92. The molecule has 2 aromatic rings. The van der Waals surface area contributed by atoms with Gasteiger partial charge in [0.1, 0.15) is 5.75 Å². The van der Waals surface area contributed by atoms with Crippen LogP contribution in [0.5, 0.6) is 5.75 Å². The molecular weight excluding hydrogens is 352 g/mol. The van der Waals surface area contributed by atoms with Crippen molar-refractivity contribution in [3.63, 3.8) is 0 Å². The first-order valence-electron chi connectivity index (χ1n) is 8.26. The Morgan fingerprint density at radius 3 is 2.23 bits per heavy atom. The number of ether oxygens (including phenoxy) is 1. The normalized spacial score (nSPS) is 10.3. The molecule has 2 amide bonds. The van der Waals surface area contributed by atoms with E-state index in [4.69, 9.17) is 16.3 Å². The Morgan fingerprint density at radius 1 is 1.08 bits per heavy atom. The van der Waals surface area contributed by atoms with E-state index in [-0.39, 0.29) is 25.0 Å². The van der Waals surface area contributed by atoms with Crippen molar-refractivity contribution in [2.24, 2.45) is 0 Å². The maximum atomic E-state index is 12.3. The van der Waals surface area contributed by atoms with Gasteiger partial charge in [0.25, 0.3) is 5.91 Å². The van der Waals surface area contributed by atoms with Crippen LogP contribution in [0.15, 0.2) is 36.4 Å². The molecule has 1 N–H and O–H groups in total. The van der Waals surface area contributed by atoms with Crippen molar-refractivity contribution >= 4 is 29.1 Å². The molecule has 0 unspecified atom stereocenters. The summed E-state index contributed by atoms with van der Waals surface area (Å²) < 4.78 is 5.41. The van der Waals surface area contributed by atoms with Gasteiger partial charge in [0, 0.05) is 17.8 Å². The summed E-state index contributed by atoms with van der Waals surface area (Å²) in [6.45, 7) is 5.72.